The van der Waals surface area contributed by atoms with Crippen molar-refractivity contribution in [3.05, 3.63) is 107 Å². The number of hydrogen-bond donors (Lipinski definition) is 0. The molecule has 0 amide bonds. The first-order valence-corrected chi connectivity index (χ1v) is 10.8. The third kappa shape index (κ3) is 4.25. The lowest BCUT2D eigenvalue weighted by molar-refractivity contribution is 0.0454. The summed E-state index contributed by atoms with van der Waals surface area (Å²) in [6, 6.07) is 14.0. The fourth-order valence-electron chi connectivity index (χ4n) is 3.74. The smallest absolute Gasteiger partial charge is 0.338 e. The van der Waals surface area contributed by atoms with Gasteiger partial charge in [0.05, 0.1) is 22.5 Å². The minimum atomic E-state index is -0.492. The Labute approximate surface area is 195 Å². The van der Waals surface area contributed by atoms with Crippen LogP contribution in [-0.4, -0.2) is 30.7 Å². The molecule has 0 spiro atoms. The van der Waals surface area contributed by atoms with Crippen LogP contribution in [0.15, 0.2) is 73.3 Å². The molecule has 0 aliphatic rings. The van der Waals surface area contributed by atoms with Crippen LogP contribution in [-0.2, 0) is 22.7 Å². The van der Waals surface area contributed by atoms with Crippen LogP contribution in [0, 0.1) is 13.8 Å². The molecule has 0 saturated heterocycles. The lowest BCUT2D eigenvalue weighted by atomic mass is 10.1. The van der Waals surface area contributed by atoms with E-state index in [1.165, 1.54) is 0 Å². The van der Waals surface area contributed by atoms with E-state index in [0.29, 0.717) is 22.5 Å². The standard InChI is InChI=1S/C26H22N4O4/c1-17-5-3-11-29-13-21(27-23(17)29)15-33-25(31)19-7-9-20(10-8-19)26(32)34-16-22-14-30-12-4-6-18(2)24(30)28-22/h3-14H,15-16H2,1-2H3. The highest BCUT2D eigenvalue weighted by Gasteiger charge is 2.13. The molecule has 0 aliphatic heterocycles. The third-order valence-corrected chi connectivity index (χ3v) is 5.51. The zero-order valence-electron chi connectivity index (χ0n) is 18.8. The minimum absolute atomic E-state index is 0.0578. The van der Waals surface area contributed by atoms with Crippen LogP contribution in [0.2, 0.25) is 0 Å². The summed E-state index contributed by atoms with van der Waals surface area (Å²) in [5.41, 5.74) is 5.73. The highest BCUT2D eigenvalue weighted by Crippen LogP contribution is 2.14. The Bertz CT molecular complexity index is 1400. The van der Waals surface area contributed by atoms with Gasteiger partial charge in [-0.3, -0.25) is 0 Å². The number of rotatable bonds is 6. The van der Waals surface area contributed by atoms with Gasteiger partial charge in [0.1, 0.15) is 24.5 Å². The monoisotopic (exact) mass is 454 g/mol. The topological polar surface area (TPSA) is 87.2 Å². The zero-order chi connectivity index (χ0) is 23.7. The van der Waals surface area contributed by atoms with Crippen LogP contribution in [0.25, 0.3) is 11.3 Å². The maximum absolute atomic E-state index is 12.4. The number of imidazole rings is 2. The molecule has 1 aromatic carbocycles. The number of hydrogen-bond acceptors (Lipinski definition) is 6. The molecular formula is C26H22N4O4. The maximum Gasteiger partial charge on any atom is 0.338 e. The number of aryl methyl sites for hydroxylation is 2. The van der Waals surface area contributed by atoms with Gasteiger partial charge in [0.2, 0.25) is 0 Å². The van der Waals surface area contributed by atoms with Crippen molar-refractivity contribution in [1.29, 1.82) is 0 Å². The molecule has 5 aromatic rings. The maximum atomic E-state index is 12.4. The molecule has 8 heteroatoms. The van der Waals surface area contributed by atoms with Gasteiger partial charge in [0, 0.05) is 24.8 Å². The van der Waals surface area contributed by atoms with Crippen LogP contribution in [0.5, 0.6) is 0 Å². The van der Waals surface area contributed by atoms with E-state index >= 15 is 0 Å². The Balaban J connectivity index is 1.18. The molecule has 0 bridgehead atoms. The van der Waals surface area contributed by atoms with E-state index in [0.717, 1.165) is 22.4 Å². The first kappa shape index (κ1) is 21.4. The van der Waals surface area contributed by atoms with Crippen LogP contribution in [0.1, 0.15) is 43.2 Å². The molecule has 0 saturated carbocycles. The van der Waals surface area contributed by atoms with E-state index in [2.05, 4.69) is 9.97 Å². The highest BCUT2D eigenvalue weighted by molar-refractivity contribution is 5.93. The van der Waals surface area contributed by atoms with Crippen molar-refractivity contribution in [3.8, 4) is 0 Å². The van der Waals surface area contributed by atoms with Gasteiger partial charge < -0.3 is 18.3 Å². The van der Waals surface area contributed by atoms with Gasteiger partial charge in [-0.15, -0.1) is 0 Å². The molecule has 5 rings (SSSR count). The summed E-state index contributed by atoms with van der Waals surface area (Å²) in [6.45, 7) is 4.07. The lowest BCUT2D eigenvalue weighted by Crippen LogP contribution is -2.08. The van der Waals surface area contributed by atoms with E-state index in [9.17, 15) is 9.59 Å². The molecule has 0 atom stereocenters. The van der Waals surface area contributed by atoms with E-state index in [1.54, 1.807) is 24.3 Å². The Morgan fingerprint density at radius 1 is 0.706 bits per heavy atom. The summed E-state index contributed by atoms with van der Waals surface area (Å²) >= 11 is 0. The Kier molecular flexibility index (Phi) is 5.55. The number of aromatic nitrogens is 4. The fraction of sp³-hybridized carbons (Fsp3) is 0.154. The van der Waals surface area contributed by atoms with E-state index in [-0.39, 0.29) is 13.2 Å². The zero-order valence-corrected chi connectivity index (χ0v) is 18.8. The van der Waals surface area contributed by atoms with Crippen molar-refractivity contribution in [2.45, 2.75) is 27.1 Å². The van der Waals surface area contributed by atoms with E-state index in [1.807, 2.05) is 71.7 Å². The first-order chi connectivity index (χ1) is 16.5. The van der Waals surface area contributed by atoms with Gasteiger partial charge in [-0.1, -0.05) is 12.1 Å². The molecule has 34 heavy (non-hydrogen) atoms. The lowest BCUT2D eigenvalue weighted by Gasteiger charge is -2.05. The van der Waals surface area contributed by atoms with Gasteiger partial charge in [0.15, 0.2) is 0 Å². The predicted octanol–water partition coefficient (Wildman–Crippen LogP) is 4.31. The number of nitrogens with zero attached hydrogens (tertiary/aromatic N) is 4. The molecule has 0 aliphatic carbocycles. The number of carbonyl (C=O) groups is 2. The summed E-state index contributed by atoms with van der Waals surface area (Å²) < 4.78 is 14.6. The summed E-state index contributed by atoms with van der Waals surface area (Å²) in [5, 5.41) is 0. The highest BCUT2D eigenvalue weighted by atomic mass is 16.5. The van der Waals surface area contributed by atoms with E-state index < -0.39 is 11.9 Å². The first-order valence-electron chi connectivity index (χ1n) is 10.8. The third-order valence-electron chi connectivity index (χ3n) is 5.51. The van der Waals surface area contributed by atoms with Crippen molar-refractivity contribution in [2.75, 3.05) is 0 Å². The number of pyridine rings is 2. The Morgan fingerprint density at radius 2 is 1.12 bits per heavy atom. The van der Waals surface area contributed by atoms with Gasteiger partial charge in [-0.05, 0) is 61.4 Å². The summed E-state index contributed by atoms with van der Waals surface area (Å²) in [7, 11) is 0. The Hall–Kier alpha value is -4.46. The number of ether oxygens (including phenoxy) is 2. The second-order valence-corrected chi connectivity index (χ2v) is 8.04. The van der Waals surface area contributed by atoms with Crippen molar-refractivity contribution >= 4 is 23.2 Å². The van der Waals surface area contributed by atoms with Crippen molar-refractivity contribution in [1.82, 2.24) is 18.8 Å². The molecule has 4 aromatic heterocycles. The largest absolute Gasteiger partial charge is 0.456 e. The second-order valence-electron chi connectivity index (χ2n) is 8.04. The summed E-state index contributed by atoms with van der Waals surface area (Å²) in [6.07, 6.45) is 7.46. The predicted molar refractivity (Wildman–Crippen MR) is 125 cm³/mol. The normalized spacial score (nSPS) is 11.1. The summed E-state index contributed by atoms with van der Waals surface area (Å²) in [5.74, 6) is -0.984. The average molecular weight is 454 g/mol. The molecule has 0 unspecified atom stereocenters. The fourth-order valence-corrected chi connectivity index (χ4v) is 3.74. The van der Waals surface area contributed by atoms with Gasteiger partial charge in [-0.2, -0.15) is 0 Å². The van der Waals surface area contributed by atoms with Crippen LogP contribution < -0.4 is 0 Å². The molecular weight excluding hydrogens is 432 g/mol. The molecule has 8 nitrogen and oxygen atoms in total. The van der Waals surface area contributed by atoms with Crippen molar-refractivity contribution < 1.29 is 19.1 Å². The average Bonchev–Trinajstić information content (AvgIpc) is 3.46. The quantitative estimate of drug-likeness (QED) is 0.355. The summed E-state index contributed by atoms with van der Waals surface area (Å²) in [4.78, 5) is 33.8. The van der Waals surface area contributed by atoms with Crippen LogP contribution in [0.4, 0.5) is 0 Å². The van der Waals surface area contributed by atoms with Gasteiger partial charge in [0.25, 0.3) is 0 Å². The molecule has 0 N–H and O–H groups in total. The molecule has 4 heterocycles. The number of fused-ring (bicyclic) bond motifs is 2. The van der Waals surface area contributed by atoms with Crippen LogP contribution in [0.3, 0.4) is 0 Å². The number of carbonyl (C=O) groups excluding carboxylic acids is 2. The second kappa shape index (κ2) is 8.82. The Morgan fingerprint density at radius 3 is 1.50 bits per heavy atom. The van der Waals surface area contributed by atoms with Crippen LogP contribution >= 0.6 is 0 Å². The van der Waals surface area contributed by atoms with Crippen molar-refractivity contribution in [3.63, 3.8) is 0 Å². The molecule has 0 radical (unpaired) electrons. The van der Waals surface area contributed by atoms with Gasteiger partial charge in [-0.25, -0.2) is 19.6 Å². The number of esters is 2. The van der Waals surface area contributed by atoms with E-state index in [4.69, 9.17) is 9.47 Å². The van der Waals surface area contributed by atoms with Gasteiger partial charge >= 0.3 is 11.9 Å². The molecule has 170 valence electrons. The molecule has 0 fully saturated rings. The minimum Gasteiger partial charge on any atom is -0.456 e. The SMILES string of the molecule is Cc1cccn2cc(COC(=O)c3ccc(C(=O)OCc4cn5cccc(C)c5n4)cc3)nc12. The number of benzene rings is 1. The van der Waals surface area contributed by atoms with Crippen molar-refractivity contribution in [2.24, 2.45) is 0 Å².